The molecule has 1 aromatic carbocycles. The number of sulfone groups is 1. The molecule has 1 aromatic rings. The zero-order valence-electron chi connectivity index (χ0n) is 10.1. The van der Waals surface area contributed by atoms with Gasteiger partial charge in [0.05, 0.1) is 11.4 Å². The van der Waals surface area contributed by atoms with Crippen LogP contribution in [0, 0.1) is 6.92 Å². The Labute approximate surface area is 110 Å². The van der Waals surface area contributed by atoms with E-state index in [0.29, 0.717) is 0 Å². The molecule has 1 rings (SSSR count). The van der Waals surface area contributed by atoms with Crippen LogP contribution in [-0.4, -0.2) is 26.4 Å². The zero-order chi connectivity index (χ0) is 14.5. The highest BCUT2D eigenvalue weighted by Crippen LogP contribution is 2.16. The van der Waals surface area contributed by atoms with Gasteiger partial charge < -0.3 is 11.1 Å². The van der Waals surface area contributed by atoms with Crippen LogP contribution in [0.4, 0.5) is 4.79 Å². The number of amides is 2. The molecule has 3 N–H and O–H groups in total. The maximum atomic E-state index is 12.2. The maximum Gasteiger partial charge on any atom is 0.313 e. The van der Waals surface area contributed by atoms with Gasteiger partial charge in [-0.1, -0.05) is 22.8 Å². The van der Waals surface area contributed by atoms with Gasteiger partial charge in [-0.2, -0.15) is 0 Å². The Morgan fingerprint density at radius 3 is 2.53 bits per heavy atom. The number of hydrogen-bond acceptors (Lipinski definition) is 4. The number of urea groups is 1. The topological polar surface area (TPSA) is 138 Å². The lowest BCUT2D eigenvalue weighted by Crippen LogP contribution is -2.45. The van der Waals surface area contributed by atoms with Crippen LogP contribution in [-0.2, 0) is 9.84 Å². The Hall–Kier alpha value is -2.25. The summed E-state index contributed by atoms with van der Waals surface area (Å²) in [6.45, 7) is 1.38. The second-order valence-corrected chi connectivity index (χ2v) is 5.90. The molecule has 0 aromatic heterocycles. The number of nitrogens with one attached hydrogen (secondary N) is 1. The molecule has 2 amide bonds. The second kappa shape index (κ2) is 6.07. The van der Waals surface area contributed by atoms with Crippen molar-refractivity contribution in [3.8, 4) is 0 Å². The maximum absolute atomic E-state index is 12.2. The number of aryl methyl sites for hydroxylation is 1. The Kier molecular flexibility index (Phi) is 4.74. The SMILES string of the molecule is Cc1ccc(S(=O)(=O)C(CN=[N+]=[N-])NC(N)=O)cc1. The van der Waals surface area contributed by atoms with Gasteiger partial charge in [-0.25, -0.2) is 13.2 Å². The molecule has 0 heterocycles. The van der Waals surface area contributed by atoms with Gasteiger partial charge in [-0.05, 0) is 24.6 Å². The molecule has 0 saturated carbocycles. The smallest absolute Gasteiger partial charge is 0.313 e. The molecule has 0 aliphatic heterocycles. The normalized spacial score (nSPS) is 12.3. The molecule has 0 spiro atoms. The zero-order valence-corrected chi connectivity index (χ0v) is 11.0. The summed E-state index contributed by atoms with van der Waals surface area (Å²) in [5.41, 5.74) is 14.1. The molecule has 0 bridgehead atoms. The van der Waals surface area contributed by atoms with Gasteiger partial charge in [-0.15, -0.1) is 0 Å². The van der Waals surface area contributed by atoms with E-state index in [1.165, 1.54) is 12.1 Å². The van der Waals surface area contributed by atoms with Crippen molar-refractivity contribution in [2.75, 3.05) is 6.54 Å². The number of nitrogens with zero attached hydrogens (tertiary/aromatic N) is 3. The van der Waals surface area contributed by atoms with E-state index >= 15 is 0 Å². The Morgan fingerprint density at radius 2 is 2.05 bits per heavy atom. The first-order chi connectivity index (χ1) is 8.87. The molecule has 1 atom stereocenters. The molecule has 0 radical (unpaired) electrons. The van der Waals surface area contributed by atoms with Crippen molar-refractivity contribution < 1.29 is 13.2 Å². The van der Waals surface area contributed by atoms with Crippen molar-refractivity contribution in [1.82, 2.24) is 5.32 Å². The van der Waals surface area contributed by atoms with Crippen molar-refractivity contribution in [1.29, 1.82) is 0 Å². The first-order valence-corrected chi connectivity index (χ1v) is 6.80. The van der Waals surface area contributed by atoms with Gasteiger partial charge in [0.25, 0.3) is 0 Å². The summed E-state index contributed by atoms with van der Waals surface area (Å²) < 4.78 is 24.5. The number of carbonyl (C=O) groups is 1. The van der Waals surface area contributed by atoms with Crippen molar-refractivity contribution in [3.63, 3.8) is 0 Å². The third-order valence-corrected chi connectivity index (χ3v) is 4.28. The van der Waals surface area contributed by atoms with Gasteiger partial charge in [0, 0.05) is 4.91 Å². The van der Waals surface area contributed by atoms with Crippen LogP contribution in [0.2, 0.25) is 0 Å². The number of nitrogens with two attached hydrogens (primary N) is 1. The summed E-state index contributed by atoms with van der Waals surface area (Å²) in [4.78, 5) is 13.3. The third-order valence-electron chi connectivity index (χ3n) is 2.34. The van der Waals surface area contributed by atoms with Gasteiger partial charge in [0.15, 0.2) is 9.84 Å². The van der Waals surface area contributed by atoms with Crippen LogP contribution in [0.25, 0.3) is 10.4 Å². The van der Waals surface area contributed by atoms with E-state index in [0.717, 1.165) is 5.56 Å². The highest BCUT2D eigenvalue weighted by molar-refractivity contribution is 7.92. The monoisotopic (exact) mass is 283 g/mol. The third kappa shape index (κ3) is 3.87. The number of rotatable bonds is 5. The van der Waals surface area contributed by atoms with Gasteiger partial charge in [-0.3, -0.25) is 0 Å². The summed E-state index contributed by atoms with van der Waals surface area (Å²) in [6, 6.07) is 5.07. The summed E-state index contributed by atoms with van der Waals surface area (Å²) in [5.74, 6) is 0. The molecule has 0 fully saturated rings. The van der Waals surface area contributed by atoms with Crippen LogP contribution < -0.4 is 11.1 Å². The summed E-state index contributed by atoms with van der Waals surface area (Å²) in [5, 5.41) is 3.83. The minimum Gasteiger partial charge on any atom is -0.352 e. The summed E-state index contributed by atoms with van der Waals surface area (Å²) >= 11 is 0. The molecular weight excluding hydrogens is 270 g/mol. The number of benzene rings is 1. The molecule has 8 nitrogen and oxygen atoms in total. The largest absolute Gasteiger partial charge is 0.352 e. The molecule has 19 heavy (non-hydrogen) atoms. The Balaban J connectivity index is 3.14. The van der Waals surface area contributed by atoms with E-state index < -0.39 is 27.8 Å². The van der Waals surface area contributed by atoms with E-state index in [4.69, 9.17) is 11.3 Å². The Bertz CT molecular complexity index is 601. The first-order valence-electron chi connectivity index (χ1n) is 5.25. The van der Waals surface area contributed by atoms with E-state index in [1.54, 1.807) is 12.1 Å². The number of hydrogen-bond donors (Lipinski definition) is 2. The van der Waals surface area contributed by atoms with E-state index in [9.17, 15) is 13.2 Å². The minimum absolute atomic E-state index is 0.0185. The molecular formula is C10H13N5O3S. The lowest BCUT2D eigenvalue weighted by molar-refractivity contribution is 0.248. The van der Waals surface area contributed by atoms with Crippen LogP contribution in [0.15, 0.2) is 34.3 Å². The van der Waals surface area contributed by atoms with E-state index in [-0.39, 0.29) is 4.90 Å². The minimum atomic E-state index is -3.86. The van der Waals surface area contributed by atoms with Crippen molar-refractivity contribution >= 4 is 15.9 Å². The number of primary amides is 1. The lowest BCUT2D eigenvalue weighted by atomic mass is 10.2. The van der Waals surface area contributed by atoms with Crippen LogP contribution in [0.1, 0.15) is 5.56 Å². The average Bonchev–Trinajstić information content (AvgIpc) is 2.34. The molecule has 102 valence electrons. The predicted molar refractivity (Wildman–Crippen MR) is 68.9 cm³/mol. The quantitative estimate of drug-likeness (QED) is 0.474. The average molecular weight is 283 g/mol. The van der Waals surface area contributed by atoms with E-state index in [2.05, 4.69) is 15.3 Å². The second-order valence-electron chi connectivity index (χ2n) is 3.77. The molecule has 0 aliphatic carbocycles. The molecule has 9 heteroatoms. The fraction of sp³-hybridized carbons (Fsp3) is 0.300. The van der Waals surface area contributed by atoms with Crippen LogP contribution in [0.5, 0.6) is 0 Å². The number of carbonyl (C=O) groups excluding carboxylic acids is 1. The summed E-state index contributed by atoms with van der Waals surface area (Å²) in [6.07, 6.45) is 0. The van der Waals surface area contributed by atoms with Crippen LogP contribution in [0.3, 0.4) is 0 Å². The first kappa shape index (κ1) is 14.8. The van der Waals surface area contributed by atoms with E-state index in [1.807, 2.05) is 6.92 Å². The highest BCUT2D eigenvalue weighted by Gasteiger charge is 2.27. The highest BCUT2D eigenvalue weighted by atomic mass is 32.2. The van der Waals surface area contributed by atoms with Gasteiger partial charge >= 0.3 is 6.03 Å². The van der Waals surface area contributed by atoms with Crippen molar-refractivity contribution in [2.45, 2.75) is 17.2 Å². The standard InChI is InChI=1S/C10H13N5O3S/c1-7-2-4-8(5-3-7)19(17,18)9(6-13-15-12)14-10(11)16/h2-5,9H,6H2,1H3,(H3,11,14,16). The van der Waals surface area contributed by atoms with Crippen LogP contribution >= 0.6 is 0 Å². The van der Waals surface area contributed by atoms with Gasteiger partial charge in [0.2, 0.25) is 0 Å². The lowest BCUT2D eigenvalue weighted by Gasteiger charge is -2.16. The Morgan fingerprint density at radius 1 is 1.47 bits per heavy atom. The fourth-order valence-corrected chi connectivity index (χ4v) is 2.76. The number of azide groups is 1. The molecule has 0 aliphatic rings. The summed E-state index contributed by atoms with van der Waals surface area (Å²) in [7, 11) is -3.86. The molecule has 1 unspecified atom stereocenters. The predicted octanol–water partition coefficient (Wildman–Crippen LogP) is 1.07. The van der Waals surface area contributed by atoms with Crippen molar-refractivity contribution in [3.05, 3.63) is 40.3 Å². The fourth-order valence-electron chi connectivity index (χ4n) is 1.38. The molecule has 0 saturated heterocycles. The van der Waals surface area contributed by atoms with Crippen molar-refractivity contribution in [2.24, 2.45) is 10.8 Å². The van der Waals surface area contributed by atoms with Gasteiger partial charge in [0.1, 0.15) is 5.37 Å².